The fraction of sp³-hybridized carbons (Fsp3) is 0.579. The van der Waals surface area contributed by atoms with Crippen molar-refractivity contribution in [2.24, 2.45) is 5.41 Å². The molecule has 1 aromatic carbocycles. The average molecular weight is 344 g/mol. The highest BCUT2D eigenvalue weighted by Crippen LogP contribution is 2.26. The summed E-state index contributed by atoms with van der Waals surface area (Å²) in [5.74, 6) is 0. The fourth-order valence-electron chi connectivity index (χ4n) is 3.14. The maximum absolute atomic E-state index is 12.5. The van der Waals surface area contributed by atoms with Crippen LogP contribution in [-0.2, 0) is 4.74 Å². The number of anilines is 1. The zero-order valence-corrected chi connectivity index (χ0v) is 15.4. The highest BCUT2D eigenvalue weighted by molar-refractivity contribution is 5.95. The van der Waals surface area contributed by atoms with E-state index in [4.69, 9.17) is 4.74 Å². The minimum atomic E-state index is -0.115. The van der Waals surface area contributed by atoms with Crippen LogP contribution in [0.4, 0.5) is 10.5 Å². The maximum Gasteiger partial charge on any atom is 0.327 e. The number of benzene rings is 1. The Morgan fingerprint density at radius 1 is 1.28 bits per heavy atom. The van der Waals surface area contributed by atoms with Gasteiger partial charge in [0.1, 0.15) is 11.8 Å². The highest BCUT2D eigenvalue weighted by atomic mass is 16.5. The van der Waals surface area contributed by atoms with E-state index in [9.17, 15) is 4.79 Å². The van der Waals surface area contributed by atoms with Crippen molar-refractivity contribution in [2.45, 2.75) is 33.6 Å². The monoisotopic (exact) mass is 344 g/mol. The molecule has 1 aromatic heterocycles. The van der Waals surface area contributed by atoms with Crippen LogP contribution in [0.5, 0.6) is 0 Å². The lowest BCUT2D eigenvalue weighted by atomic mass is 9.91. The van der Waals surface area contributed by atoms with Crippen molar-refractivity contribution >= 4 is 22.8 Å². The lowest BCUT2D eigenvalue weighted by Crippen LogP contribution is -2.36. The van der Waals surface area contributed by atoms with Crippen LogP contribution in [0.1, 0.15) is 33.6 Å². The van der Waals surface area contributed by atoms with Crippen molar-refractivity contribution in [1.29, 1.82) is 0 Å². The van der Waals surface area contributed by atoms with Crippen molar-refractivity contribution < 1.29 is 9.53 Å². The van der Waals surface area contributed by atoms with E-state index in [2.05, 4.69) is 42.0 Å². The smallest absolute Gasteiger partial charge is 0.327 e. The van der Waals surface area contributed by atoms with E-state index in [-0.39, 0.29) is 6.03 Å². The van der Waals surface area contributed by atoms with E-state index in [1.54, 1.807) is 10.9 Å². The number of fused-ring (bicyclic) bond motifs is 1. The predicted octanol–water partition coefficient (Wildman–Crippen LogP) is 3.26. The van der Waals surface area contributed by atoms with Crippen LogP contribution in [0, 0.1) is 5.41 Å². The van der Waals surface area contributed by atoms with Gasteiger partial charge in [0.2, 0.25) is 0 Å². The maximum atomic E-state index is 12.5. The number of ether oxygens (including phenoxy) is 1. The van der Waals surface area contributed by atoms with Gasteiger partial charge in [0, 0.05) is 19.6 Å². The normalized spacial score (nSPS) is 15.6. The second kappa shape index (κ2) is 7.44. The van der Waals surface area contributed by atoms with Crippen molar-refractivity contribution in [1.82, 2.24) is 14.9 Å². The number of para-hydroxylation sites is 1. The number of imidazole rings is 1. The number of aromatic nitrogens is 2. The summed E-state index contributed by atoms with van der Waals surface area (Å²) >= 11 is 0. The second-order valence-corrected chi connectivity index (χ2v) is 7.76. The lowest BCUT2D eigenvalue weighted by Gasteiger charge is -2.29. The predicted molar refractivity (Wildman–Crippen MR) is 100 cm³/mol. The Morgan fingerprint density at radius 2 is 2.04 bits per heavy atom. The first-order valence-electron chi connectivity index (χ1n) is 9.03. The van der Waals surface area contributed by atoms with Gasteiger partial charge in [0.05, 0.1) is 24.4 Å². The molecule has 2 heterocycles. The molecule has 6 nitrogen and oxygen atoms in total. The SMILES string of the molecule is CC(C)(C)CCCNC(=O)n1cnc2c(N3CCOCC3)cccc21. The molecule has 0 bridgehead atoms. The van der Waals surface area contributed by atoms with Gasteiger partial charge < -0.3 is 15.0 Å². The molecule has 1 aliphatic heterocycles. The third kappa shape index (κ3) is 4.31. The average Bonchev–Trinajstić information content (AvgIpc) is 3.02. The summed E-state index contributed by atoms with van der Waals surface area (Å²) in [6.07, 6.45) is 3.67. The summed E-state index contributed by atoms with van der Waals surface area (Å²) < 4.78 is 7.03. The minimum absolute atomic E-state index is 0.115. The van der Waals surface area contributed by atoms with Gasteiger partial charge in [-0.1, -0.05) is 26.8 Å². The van der Waals surface area contributed by atoms with Crippen molar-refractivity contribution in [3.8, 4) is 0 Å². The van der Waals surface area contributed by atoms with Crippen LogP contribution in [0.3, 0.4) is 0 Å². The zero-order chi connectivity index (χ0) is 17.9. The molecule has 136 valence electrons. The van der Waals surface area contributed by atoms with Crippen LogP contribution in [0.25, 0.3) is 11.0 Å². The van der Waals surface area contributed by atoms with E-state index in [1.165, 1.54) is 0 Å². The zero-order valence-electron chi connectivity index (χ0n) is 15.4. The first kappa shape index (κ1) is 17.7. The number of nitrogens with zero attached hydrogens (tertiary/aromatic N) is 3. The number of carbonyl (C=O) groups is 1. The number of nitrogens with one attached hydrogen (secondary N) is 1. The molecule has 25 heavy (non-hydrogen) atoms. The molecule has 0 saturated carbocycles. The first-order valence-corrected chi connectivity index (χ1v) is 9.03. The standard InChI is InChI=1S/C19H28N4O2/c1-19(2,3)8-5-9-20-18(24)23-14-21-17-15(6-4-7-16(17)23)22-10-12-25-13-11-22/h4,6-7,14H,5,8-13H2,1-3H3,(H,20,24). The number of rotatable bonds is 4. The van der Waals surface area contributed by atoms with Gasteiger partial charge in [0.25, 0.3) is 0 Å². The molecule has 1 amide bonds. The molecular weight excluding hydrogens is 316 g/mol. The Hall–Kier alpha value is -2.08. The molecule has 0 aliphatic carbocycles. The number of hydrogen-bond acceptors (Lipinski definition) is 4. The largest absolute Gasteiger partial charge is 0.378 e. The Labute approximate surface area is 149 Å². The first-order chi connectivity index (χ1) is 12.0. The summed E-state index contributed by atoms with van der Waals surface area (Å²) in [6.45, 7) is 10.5. The van der Waals surface area contributed by atoms with Gasteiger partial charge in [-0.2, -0.15) is 0 Å². The Balaban J connectivity index is 1.71. The summed E-state index contributed by atoms with van der Waals surface area (Å²) in [6, 6.07) is 5.88. The van der Waals surface area contributed by atoms with E-state index in [0.29, 0.717) is 12.0 Å². The van der Waals surface area contributed by atoms with Crippen molar-refractivity contribution in [2.75, 3.05) is 37.7 Å². The summed E-state index contributed by atoms with van der Waals surface area (Å²) in [5, 5.41) is 3.00. The number of carbonyl (C=O) groups excluding carboxylic acids is 1. The van der Waals surface area contributed by atoms with Crippen molar-refractivity contribution in [3.63, 3.8) is 0 Å². The molecule has 0 unspecified atom stereocenters. The van der Waals surface area contributed by atoms with Crippen LogP contribution in [0.2, 0.25) is 0 Å². The fourth-order valence-corrected chi connectivity index (χ4v) is 3.14. The minimum Gasteiger partial charge on any atom is -0.378 e. The summed E-state index contributed by atoms with van der Waals surface area (Å²) in [4.78, 5) is 19.3. The quantitative estimate of drug-likeness (QED) is 0.865. The molecule has 0 radical (unpaired) electrons. The molecule has 2 aromatic rings. The topological polar surface area (TPSA) is 59.4 Å². The van der Waals surface area contributed by atoms with E-state index in [0.717, 1.165) is 55.9 Å². The van der Waals surface area contributed by atoms with Crippen LogP contribution in [0.15, 0.2) is 24.5 Å². The van der Waals surface area contributed by atoms with Gasteiger partial charge in [-0.05, 0) is 30.4 Å². The van der Waals surface area contributed by atoms with E-state index >= 15 is 0 Å². The van der Waals surface area contributed by atoms with E-state index in [1.807, 2.05) is 12.1 Å². The molecule has 6 heteroatoms. The number of morpholine rings is 1. The van der Waals surface area contributed by atoms with Crippen molar-refractivity contribution in [3.05, 3.63) is 24.5 Å². The van der Waals surface area contributed by atoms with Gasteiger partial charge in [-0.3, -0.25) is 4.57 Å². The Bertz CT molecular complexity index is 727. The van der Waals surface area contributed by atoms with Gasteiger partial charge in [-0.15, -0.1) is 0 Å². The second-order valence-electron chi connectivity index (χ2n) is 7.76. The molecule has 1 fully saturated rings. The Kier molecular flexibility index (Phi) is 5.27. The highest BCUT2D eigenvalue weighted by Gasteiger charge is 2.18. The Morgan fingerprint density at radius 3 is 2.76 bits per heavy atom. The lowest BCUT2D eigenvalue weighted by molar-refractivity contribution is 0.123. The van der Waals surface area contributed by atoms with Gasteiger partial charge in [0.15, 0.2) is 0 Å². The summed E-state index contributed by atoms with van der Waals surface area (Å²) in [7, 11) is 0. The number of hydrogen-bond donors (Lipinski definition) is 1. The summed E-state index contributed by atoms with van der Waals surface area (Å²) in [5.41, 5.74) is 3.08. The molecule has 1 N–H and O–H groups in total. The molecule has 1 saturated heterocycles. The van der Waals surface area contributed by atoms with Gasteiger partial charge in [-0.25, -0.2) is 9.78 Å². The van der Waals surface area contributed by atoms with Crippen LogP contribution in [-0.4, -0.2) is 48.4 Å². The molecule has 0 spiro atoms. The molecular formula is C19H28N4O2. The molecule has 3 rings (SSSR count). The molecule has 0 atom stereocenters. The number of amides is 1. The molecule has 1 aliphatic rings. The third-order valence-electron chi connectivity index (χ3n) is 4.51. The van der Waals surface area contributed by atoms with Crippen LogP contribution >= 0.6 is 0 Å². The van der Waals surface area contributed by atoms with E-state index < -0.39 is 0 Å². The van der Waals surface area contributed by atoms with Gasteiger partial charge >= 0.3 is 6.03 Å². The van der Waals surface area contributed by atoms with Crippen LogP contribution < -0.4 is 10.2 Å². The third-order valence-corrected chi connectivity index (χ3v) is 4.51.